The Morgan fingerprint density at radius 1 is 1.09 bits per heavy atom. The van der Waals surface area contributed by atoms with E-state index in [1.54, 1.807) is 30.5 Å². The number of amidine groups is 1. The second-order valence-electron chi connectivity index (χ2n) is 7.43. The second-order valence-corrected chi connectivity index (χ2v) is 7.43. The first-order valence-corrected chi connectivity index (χ1v) is 10.4. The summed E-state index contributed by atoms with van der Waals surface area (Å²) >= 11 is 0. The van der Waals surface area contributed by atoms with E-state index in [0.717, 1.165) is 5.75 Å². The molecule has 0 aliphatic rings. The lowest BCUT2D eigenvalue weighted by atomic mass is 10.0. The van der Waals surface area contributed by atoms with Gasteiger partial charge in [0.2, 0.25) is 0 Å². The first-order chi connectivity index (χ1) is 16.4. The standard InChI is InChI=1S/C24H23N7O3/c25-19-12-20(28-13-16-10-11-31(30-16)14-21(32)33)29-23(22(19)24(26)27)15-6-8-18(9-7-15)34-17-4-2-1-3-5-17/h1-12H,13-14H2,(H3,26,27)(H,32,33)(H3,25,28,29). The number of aromatic nitrogens is 3. The summed E-state index contributed by atoms with van der Waals surface area (Å²) in [5, 5.41) is 24.2. The predicted molar refractivity (Wildman–Crippen MR) is 129 cm³/mol. The Labute approximate surface area is 195 Å². The van der Waals surface area contributed by atoms with Crippen LogP contribution in [-0.2, 0) is 17.9 Å². The van der Waals surface area contributed by atoms with E-state index >= 15 is 0 Å². The molecule has 0 saturated heterocycles. The number of carboxylic acid groups (broad SMARTS) is 1. The number of hydrogen-bond donors (Lipinski definition) is 5. The van der Waals surface area contributed by atoms with Gasteiger partial charge in [-0.25, -0.2) is 4.98 Å². The van der Waals surface area contributed by atoms with Gasteiger partial charge in [-0.2, -0.15) is 5.10 Å². The van der Waals surface area contributed by atoms with Crippen LogP contribution in [0.4, 0.5) is 11.5 Å². The fraction of sp³-hybridized carbons (Fsp3) is 0.0833. The van der Waals surface area contributed by atoms with E-state index in [2.05, 4.69) is 15.4 Å². The van der Waals surface area contributed by atoms with Gasteiger partial charge in [0, 0.05) is 23.5 Å². The van der Waals surface area contributed by atoms with Crippen molar-refractivity contribution < 1.29 is 14.6 Å². The minimum Gasteiger partial charge on any atom is -0.480 e. The molecule has 0 radical (unpaired) electrons. The molecular formula is C24H23N7O3. The fourth-order valence-corrected chi connectivity index (χ4v) is 3.36. The third kappa shape index (κ3) is 5.30. The van der Waals surface area contributed by atoms with Gasteiger partial charge >= 0.3 is 5.97 Å². The van der Waals surface area contributed by atoms with Crippen LogP contribution in [0.2, 0.25) is 0 Å². The van der Waals surface area contributed by atoms with Crippen LogP contribution in [0.3, 0.4) is 0 Å². The first kappa shape index (κ1) is 22.3. The van der Waals surface area contributed by atoms with E-state index in [1.807, 2.05) is 42.5 Å². The summed E-state index contributed by atoms with van der Waals surface area (Å²) in [6, 6.07) is 20.0. The van der Waals surface area contributed by atoms with E-state index in [9.17, 15) is 4.79 Å². The van der Waals surface area contributed by atoms with Gasteiger partial charge in [-0.1, -0.05) is 18.2 Å². The van der Waals surface area contributed by atoms with Gasteiger partial charge in [-0.3, -0.25) is 14.9 Å². The summed E-state index contributed by atoms with van der Waals surface area (Å²) in [4.78, 5) is 15.5. The molecule has 172 valence electrons. The Morgan fingerprint density at radius 2 is 1.79 bits per heavy atom. The fourth-order valence-electron chi connectivity index (χ4n) is 3.36. The molecule has 2 aromatic carbocycles. The van der Waals surface area contributed by atoms with Crippen LogP contribution in [0, 0.1) is 5.41 Å². The van der Waals surface area contributed by atoms with Crippen molar-refractivity contribution in [3.8, 4) is 22.8 Å². The maximum absolute atomic E-state index is 10.8. The lowest BCUT2D eigenvalue weighted by Crippen LogP contribution is -2.17. The number of carbonyl (C=O) groups is 1. The van der Waals surface area contributed by atoms with Crippen LogP contribution in [0.5, 0.6) is 11.5 Å². The number of nitrogens with two attached hydrogens (primary N) is 2. The third-order valence-electron chi connectivity index (χ3n) is 4.87. The van der Waals surface area contributed by atoms with Crippen molar-refractivity contribution in [3.63, 3.8) is 0 Å². The number of nitrogens with zero attached hydrogens (tertiary/aromatic N) is 3. The summed E-state index contributed by atoms with van der Waals surface area (Å²) in [5.41, 5.74) is 14.5. The monoisotopic (exact) mass is 457 g/mol. The molecule has 34 heavy (non-hydrogen) atoms. The van der Waals surface area contributed by atoms with Crippen LogP contribution >= 0.6 is 0 Å². The predicted octanol–water partition coefficient (Wildman–Crippen LogP) is 3.30. The molecule has 10 nitrogen and oxygen atoms in total. The zero-order chi connectivity index (χ0) is 24.1. The van der Waals surface area contributed by atoms with E-state index < -0.39 is 5.97 Å². The maximum atomic E-state index is 10.8. The molecule has 4 aromatic rings. The lowest BCUT2D eigenvalue weighted by Gasteiger charge is -2.14. The summed E-state index contributed by atoms with van der Waals surface area (Å²) in [6.07, 6.45) is 1.59. The maximum Gasteiger partial charge on any atom is 0.325 e. The zero-order valence-corrected chi connectivity index (χ0v) is 18.1. The number of nitrogen functional groups attached to an aromatic ring is 2. The molecular weight excluding hydrogens is 434 g/mol. The van der Waals surface area contributed by atoms with Crippen molar-refractivity contribution in [2.45, 2.75) is 13.1 Å². The van der Waals surface area contributed by atoms with E-state index in [1.165, 1.54) is 4.68 Å². The number of benzene rings is 2. The van der Waals surface area contributed by atoms with E-state index in [0.29, 0.717) is 46.3 Å². The number of aliphatic carboxylic acids is 1. The Bertz CT molecular complexity index is 1320. The van der Waals surface area contributed by atoms with Crippen molar-refractivity contribution in [1.29, 1.82) is 5.41 Å². The normalized spacial score (nSPS) is 10.6. The summed E-state index contributed by atoms with van der Waals surface area (Å²) in [5.74, 6) is 0.678. The van der Waals surface area contributed by atoms with Crippen molar-refractivity contribution in [3.05, 3.63) is 84.2 Å². The Kier molecular flexibility index (Phi) is 6.40. The van der Waals surface area contributed by atoms with Crippen molar-refractivity contribution >= 4 is 23.3 Å². The van der Waals surface area contributed by atoms with Gasteiger partial charge in [-0.05, 0) is 42.5 Å². The second kappa shape index (κ2) is 9.74. The van der Waals surface area contributed by atoms with E-state index in [4.69, 9.17) is 26.7 Å². The zero-order valence-electron chi connectivity index (χ0n) is 18.1. The Hall–Kier alpha value is -4.86. The Balaban J connectivity index is 1.56. The molecule has 2 heterocycles. The number of ether oxygens (including phenoxy) is 1. The highest BCUT2D eigenvalue weighted by atomic mass is 16.5. The topological polar surface area (TPSA) is 165 Å². The van der Waals surface area contributed by atoms with Crippen molar-refractivity contribution in [1.82, 2.24) is 14.8 Å². The van der Waals surface area contributed by atoms with Gasteiger partial charge in [0.25, 0.3) is 0 Å². The number of nitrogens with one attached hydrogen (secondary N) is 2. The number of para-hydroxylation sites is 1. The highest BCUT2D eigenvalue weighted by Gasteiger charge is 2.16. The summed E-state index contributed by atoms with van der Waals surface area (Å²) < 4.78 is 7.18. The molecule has 0 saturated carbocycles. The van der Waals surface area contributed by atoms with Crippen LogP contribution in [0.25, 0.3) is 11.3 Å². The highest BCUT2D eigenvalue weighted by molar-refractivity contribution is 6.05. The summed E-state index contributed by atoms with van der Waals surface area (Å²) in [7, 11) is 0. The number of hydrogen-bond acceptors (Lipinski definition) is 7. The van der Waals surface area contributed by atoms with Gasteiger partial charge in [0.15, 0.2) is 0 Å². The van der Waals surface area contributed by atoms with Crippen LogP contribution in [0.15, 0.2) is 72.9 Å². The molecule has 7 N–H and O–H groups in total. The number of pyridine rings is 1. The average Bonchev–Trinajstić information content (AvgIpc) is 3.25. The largest absolute Gasteiger partial charge is 0.480 e. The minimum atomic E-state index is -0.971. The van der Waals surface area contributed by atoms with Gasteiger partial charge in [-0.15, -0.1) is 0 Å². The quantitative estimate of drug-likeness (QED) is 0.189. The molecule has 2 aromatic heterocycles. The first-order valence-electron chi connectivity index (χ1n) is 10.4. The van der Waals surface area contributed by atoms with E-state index in [-0.39, 0.29) is 12.4 Å². The third-order valence-corrected chi connectivity index (χ3v) is 4.87. The molecule has 4 rings (SSSR count). The molecule has 0 aliphatic heterocycles. The smallest absolute Gasteiger partial charge is 0.325 e. The average molecular weight is 457 g/mol. The molecule has 0 bridgehead atoms. The minimum absolute atomic E-state index is 0.191. The SMILES string of the molecule is N=C(N)c1c(N)cc(NCc2ccn(CC(=O)O)n2)nc1-c1ccc(Oc2ccccc2)cc1. The molecule has 0 amide bonds. The molecule has 0 unspecified atom stereocenters. The number of rotatable bonds is 9. The molecule has 0 atom stereocenters. The number of anilines is 2. The van der Waals surface area contributed by atoms with Crippen LogP contribution < -0.4 is 21.5 Å². The number of carboxylic acids is 1. The highest BCUT2D eigenvalue weighted by Crippen LogP contribution is 2.31. The molecule has 10 heteroatoms. The van der Waals surface area contributed by atoms with Crippen LogP contribution in [-0.4, -0.2) is 31.7 Å². The van der Waals surface area contributed by atoms with Gasteiger partial charge < -0.3 is 26.6 Å². The van der Waals surface area contributed by atoms with Gasteiger partial charge in [0.05, 0.1) is 23.5 Å². The van der Waals surface area contributed by atoms with Crippen molar-refractivity contribution in [2.75, 3.05) is 11.1 Å². The Morgan fingerprint density at radius 3 is 2.47 bits per heavy atom. The molecule has 0 aliphatic carbocycles. The summed E-state index contributed by atoms with van der Waals surface area (Å²) in [6.45, 7) is 0.0917. The van der Waals surface area contributed by atoms with Crippen LogP contribution in [0.1, 0.15) is 11.3 Å². The van der Waals surface area contributed by atoms with Gasteiger partial charge in [0.1, 0.15) is 29.7 Å². The molecule has 0 fully saturated rings. The lowest BCUT2D eigenvalue weighted by molar-refractivity contribution is -0.137. The van der Waals surface area contributed by atoms with Crippen molar-refractivity contribution in [2.24, 2.45) is 5.73 Å². The molecule has 0 spiro atoms.